The molecule has 2 aromatic heterocycles. The second-order valence-corrected chi connectivity index (χ2v) is 3.90. The summed E-state index contributed by atoms with van der Waals surface area (Å²) in [4.78, 5) is 1.38. The van der Waals surface area contributed by atoms with Crippen LogP contribution in [0.15, 0.2) is 29.9 Å². The van der Waals surface area contributed by atoms with Crippen molar-refractivity contribution in [1.29, 1.82) is 0 Å². The minimum atomic E-state index is 0.728. The summed E-state index contributed by atoms with van der Waals surface area (Å²) in [5, 5.41) is 6.20. The number of aryl methyl sites for hydroxylation is 2. The van der Waals surface area contributed by atoms with Crippen molar-refractivity contribution in [2.75, 3.05) is 5.73 Å². The minimum absolute atomic E-state index is 0.728. The number of aromatic nitrogens is 2. The first-order valence-corrected chi connectivity index (χ1v) is 5.03. The van der Waals surface area contributed by atoms with Gasteiger partial charge in [0, 0.05) is 24.0 Å². The fourth-order valence-corrected chi connectivity index (χ4v) is 1.88. The Morgan fingerprint density at radius 2 is 2.46 bits per heavy atom. The molecule has 0 amide bonds. The predicted octanol–water partition coefficient (Wildman–Crippen LogP) is 1.77. The summed E-state index contributed by atoms with van der Waals surface area (Å²) in [6.07, 6.45) is 4.56. The number of hydrogen-bond acceptors (Lipinski definition) is 3. The number of nitrogens with zero attached hydrogens (tertiary/aromatic N) is 2. The van der Waals surface area contributed by atoms with E-state index < -0.39 is 0 Å². The Morgan fingerprint density at radius 3 is 3.08 bits per heavy atom. The van der Waals surface area contributed by atoms with Gasteiger partial charge in [-0.25, -0.2) is 0 Å². The molecule has 0 aromatic carbocycles. The van der Waals surface area contributed by atoms with Crippen molar-refractivity contribution in [3.8, 4) is 0 Å². The zero-order valence-corrected chi connectivity index (χ0v) is 8.00. The third-order valence-corrected chi connectivity index (χ3v) is 2.76. The van der Waals surface area contributed by atoms with E-state index in [9.17, 15) is 0 Å². The molecule has 4 heteroatoms. The van der Waals surface area contributed by atoms with Gasteiger partial charge < -0.3 is 5.73 Å². The van der Waals surface area contributed by atoms with E-state index in [0.717, 1.165) is 18.7 Å². The monoisotopic (exact) mass is 193 g/mol. The Kier molecular flexibility index (Phi) is 2.31. The van der Waals surface area contributed by atoms with E-state index in [1.165, 1.54) is 4.88 Å². The molecule has 3 nitrogen and oxygen atoms in total. The highest BCUT2D eigenvalue weighted by atomic mass is 32.1. The number of anilines is 1. The maximum atomic E-state index is 5.55. The Hall–Kier alpha value is -1.29. The second-order valence-electron chi connectivity index (χ2n) is 2.87. The van der Waals surface area contributed by atoms with E-state index in [2.05, 4.69) is 22.6 Å². The van der Waals surface area contributed by atoms with Crippen LogP contribution in [0.4, 0.5) is 5.69 Å². The molecule has 0 saturated carbocycles. The van der Waals surface area contributed by atoms with Crippen LogP contribution in [0.1, 0.15) is 4.88 Å². The van der Waals surface area contributed by atoms with Crippen LogP contribution in [-0.2, 0) is 13.0 Å². The van der Waals surface area contributed by atoms with Crippen LogP contribution in [0.5, 0.6) is 0 Å². The van der Waals surface area contributed by atoms with Crippen LogP contribution in [0.3, 0.4) is 0 Å². The largest absolute Gasteiger partial charge is 0.396 e. The predicted molar refractivity (Wildman–Crippen MR) is 54.7 cm³/mol. The van der Waals surface area contributed by atoms with Crippen LogP contribution < -0.4 is 5.73 Å². The van der Waals surface area contributed by atoms with Crippen LogP contribution in [0, 0.1) is 0 Å². The average molecular weight is 193 g/mol. The fraction of sp³-hybridized carbons (Fsp3) is 0.222. The fourth-order valence-electron chi connectivity index (χ4n) is 1.18. The van der Waals surface area contributed by atoms with E-state index >= 15 is 0 Å². The lowest BCUT2D eigenvalue weighted by Gasteiger charge is -1.97. The van der Waals surface area contributed by atoms with Crippen LogP contribution in [-0.4, -0.2) is 9.78 Å². The molecule has 0 radical (unpaired) electrons. The summed E-state index contributed by atoms with van der Waals surface area (Å²) in [5.74, 6) is 0. The summed E-state index contributed by atoms with van der Waals surface area (Å²) in [6.45, 7) is 0.901. The zero-order valence-electron chi connectivity index (χ0n) is 7.18. The molecule has 68 valence electrons. The lowest BCUT2D eigenvalue weighted by atomic mass is 10.3. The van der Waals surface area contributed by atoms with Crippen molar-refractivity contribution in [3.05, 3.63) is 34.8 Å². The van der Waals surface area contributed by atoms with Gasteiger partial charge in [-0.15, -0.1) is 11.3 Å². The van der Waals surface area contributed by atoms with Gasteiger partial charge in [0.1, 0.15) is 0 Å². The van der Waals surface area contributed by atoms with Crippen molar-refractivity contribution in [2.24, 2.45) is 0 Å². The lowest BCUT2D eigenvalue weighted by molar-refractivity contribution is 0.619. The van der Waals surface area contributed by atoms with Crippen molar-refractivity contribution >= 4 is 17.0 Å². The highest BCUT2D eigenvalue weighted by Crippen LogP contribution is 2.10. The molecule has 0 aliphatic heterocycles. The molecular formula is C9H11N3S. The van der Waals surface area contributed by atoms with Gasteiger partial charge in [0.2, 0.25) is 0 Å². The van der Waals surface area contributed by atoms with E-state index in [1.54, 1.807) is 17.5 Å². The van der Waals surface area contributed by atoms with Crippen molar-refractivity contribution in [1.82, 2.24) is 9.78 Å². The Labute approximate surface area is 80.8 Å². The first-order chi connectivity index (χ1) is 6.34. The molecule has 2 heterocycles. The minimum Gasteiger partial charge on any atom is -0.396 e. The van der Waals surface area contributed by atoms with Crippen LogP contribution >= 0.6 is 11.3 Å². The lowest BCUT2D eigenvalue weighted by Crippen LogP contribution is -2.00. The molecule has 2 N–H and O–H groups in total. The third kappa shape index (κ3) is 2.09. The highest BCUT2D eigenvalue weighted by molar-refractivity contribution is 7.09. The summed E-state index contributed by atoms with van der Waals surface area (Å²) in [5.41, 5.74) is 6.27. The zero-order chi connectivity index (χ0) is 9.10. The van der Waals surface area contributed by atoms with Gasteiger partial charge in [-0.2, -0.15) is 5.10 Å². The number of nitrogens with two attached hydrogens (primary N) is 1. The summed E-state index contributed by atoms with van der Waals surface area (Å²) >= 11 is 1.78. The molecule has 0 atom stereocenters. The molecule has 0 saturated heterocycles. The molecule has 0 fully saturated rings. The molecule has 0 aliphatic rings. The third-order valence-electron chi connectivity index (χ3n) is 1.82. The SMILES string of the molecule is Nc1cnn(CCc2cccs2)c1. The highest BCUT2D eigenvalue weighted by Gasteiger charge is 1.96. The van der Waals surface area contributed by atoms with Gasteiger partial charge in [0.05, 0.1) is 11.9 Å². The van der Waals surface area contributed by atoms with Crippen LogP contribution in [0.2, 0.25) is 0 Å². The topological polar surface area (TPSA) is 43.8 Å². The first-order valence-electron chi connectivity index (χ1n) is 4.15. The first kappa shape index (κ1) is 8.31. The summed E-state index contributed by atoms with van der Waals surface area (Å²) in [6, 6.07) is 4.20. The second kappa shape index (κ2) is 3.62. The average Bonchev–Trinajstić information content (AvgIpc) is 2.71. The van der Waals surface area contributed by atoms with E-state index in [4.69, 9.17) is 5.73 Å². The van der Waals surface area contributed by atoms with E-state index in [1.807, 2.05) is 10.9 Å². The molecular weight excluding hydrogens is 182 g/mol. The maximum Gasteiger partial charge on any atom is 0.0719 e. The van der Waals surface area contributed by atoms with Gasteiger partial charge in [-0.1, -0.05) is 6.07 Å². The Balaban J connectivity index is 1.93. The number of hydrogen-bond donors (Lipinski definition) is 1. The quantitative estimate of drug-likeness (QED) is 0.807. The van der Waals surface area contributed by atoms with Crippen LogP contribution in [0.25, 0.3) is 0 Å². The standard InChI is InChI=1S/C9H11N3S/c10-8-6-11-12(7-8)4-3-9-2-1-5-13-9/h1-2,5-7H,3-4,10H2. The maximum absolute atomic E-state index is 5.55. The summed E-state index contributed by atoms with van der Waals surface area (Å²) in [7, 11) is 0. The number of rotatable bonds is 3. The van der Waals surface area contributed by atoms with Crippen molar-refractivity contribution in [2.45, 2.75) is 13.0 Å². The molecule has 0 spiro atoms. The van der Waals surface area contributed by atoms with Crippen molar-refractivity contribution < 1.29 is 0 Å². The molecule has 2 rings (SSSR count). The molecule has 13 heavy (non-hydrogen) atoms. The van der Waals surface area contributed by atoms with E-state index in [0.29, 0.717) is 0 Å². The normalized spacial score (nSPS) is 10.5. The smallest absolute Gasteiger partial charge is 0.0719 e. The molecule has 2 aromatic rings. The van der Waals surface area contributed by atoms with Gasteiger partial charge in [0.15, 0.2) is 0 Å². The molecule has 0 bridgehead atoms. The van der Waals surface area contributed by atoms with E-state index in [-0.39, 0.29) is 0 Å². The Bertz CT molecular complexity index is 364. The van der Waals surface area contributed by atoms with Gasteiger partial charge in [-0.3, -0.25) is 4.68 Å². The molecule has 0 unspecified atom stereocenters. The summed E-state index contributed by atoms with van der Waals surface area (Å²) < 4.78 is 1.87. The molecule has 0 aliphatic carbocycles. The van der Waals surface area contributed by atoms with Gasteiger partial charge in [0.25, 0.3) is 0 Å². The van der Waals surface area contributed by atoms with Gasteiger partial charge in [-0.05, 0) is 11.4 Å². The van der Waals surface area contributed by atoms with Crippen molar-refractivity contribution in [3.63, 3.8) is 0 Å². The Morgan fingerprint density at radius 1 is 1.54 bits per heavy atom. The number of nitrogen functional groups attached to an aromatic ring is 1. The number of thiophene rings is 1. The van der Waals surface area contributed by atoms with Gasteiger partial charge >= 0.3 is 0 Å².